The maximum absolute atomic E-state index is 12.3. The van der Waals surface area contributed by atoms with Gasteiger partial charge in [0.05, 0.1) is 19.7 Å². The van der Waals surface area contributed by atoms with Crippen molar-refractivity contribution in [2.75, 3.05) is 14.2 Å². The van der Waals surface area contributed by atoms with Crippen molar-refractivity contribution in [2.45, 2.75) is 24.2 Å². The Morgan fingerprint density at radius 1 is 0.824 bits per heavy atom. The zero-order chi connectivity index (χ0) is 23.5. The van der Waals surface area contributed by atoms with E-state index in [1.54, 1.807) is 14.2 Å². The van der Waals surface area contributed by atoms with Crippen LogP contribution in [0.5, 0.6) is 11.5 Å². The number of rotatable bonds is 6. The summed E-state index contributed by atoms with van der Waals surface area (Å²) in [5, 5.41) is 1.10. The minimum atomic E-state index is -0.147. The zero-order valence-electron chi connectivity index (χ0n) is 19.3. The minimum Gasteiger partial charge on any atom is -0.497 e. The number of pyridine rings is 1. The zero-order valence-corrected chi connectivity index (χ0v) is 19.3. The fourth-order valence-corrected chi connectivity index (χ4v) is 5.19. The second kappa shape index (κ2) is 9.52. The van der Waals surface area contributed by atoms with E-state index < -0.39 is 0 Å². The van der Waals surface area contributed by atoms with Gasteiger partial charge in [-0.25, -0.2) is 0 Å². The van der Waals surface area contributed by atoms with Crippen LogP contribution in [0.25, 0.3) is 10.9 Å². The van der Waals surface area contributed by atoms with E-state index in [1.807, 2.05) is 48.5 Å². The van der Waals surface area contributed by atoms with Gasteiger partial charge in [0.25, 0.3) is 0 Å². The first-order valence-corrected chi connectivity index (χ1v) is 11.5. The average molecular weight is 450 g/mol. The van der Waals surface area contributed by atoms with Crippen molar-refractivity contribution in [1.29, 1.82) is 0 Å². The first kappa shape index (κ1) is 21.9. The topological polar surface area (TPSA) is 48.4 Å². The summed E-state index contributed by atoms with van der Waals surface area (Å²) < 4.78 is 11.0. The number of nitrogens with zero attached hydrogens (tertiary/aromatic N) is 1. The van der Waals surface area contributed by atoms with Crippen LogP contribution in [-0.2, 0) is 4.79 Å². The van der Waals surface area contributed by atoms with Gasteiger partial charge in [-0.15, -0.1) is 0 Å². The number of fused-ring (bicyclic) bond motifs is 1. The summed E-state index contributed by atoms with van der Waals surface area (Å²) in [4.78, 5) is 17.4. The Morgan fingerprint density at radius 2 is 1.53 bits per heavy atom. The molecule has 0 radical (unpaired) electrons. The molecule has 4 aromatic rings. The Hall–Kier alpha value is -3.92. The Morgan fingerprint density at radius 3 is 2.26 bits per heavy atom. The van der Waals surface area contributed by atoms with Gasteiger partial charge in [-0.05, 0) is 65.4 Å². The molecule has 1 aromatic heterocycles. The Balaban J connectivity index is 1.72. The van der Waals surface area contributed by atoms with E-state index >= 15 is 0 Å². The maximum atomic E-state index is 12.3. The molecule has 5 rings (SSSR count). The smallest absolute Gasteiger partial charge is 0.146 e. The Bertz CT molecular complexity index is 1360. The number of para-hydroxylation sites is 1. The summed E-state index contributed by atoms with van der Waals surface area (Å²) in [6, 6.07) is 28.6. The third-order valence-corrected chi connectivity index (χ3v) is 6.83. The van der Waals surface area contributed by atoms with Crippen LogP contribution in [0.15, 0.2) is 96.6 Å². The van der Waals surface area contributed by atoms with Crippen molar-refractivity contribution in [1.82, 2.24) is 4.98 Å². The third kappa shape index (κ3) is 4.08. The van der Waals surface area contributed by atoms with E-state index in [1.165, 1.54) is 5.56 Å². The molecular weight excluding hydrogens is 422 g/mol. The summed E-state index contributed by atoms with van der Waals surface area (Å²) in [7, 11) is 3.35. The molecule has 3 atom stereocenters. The van der Waals surface area contributed by atoms with Crippen LogP contribution < -0.4 is 9.47 Å². The van der Waals surface area contributed by atoms with Gasteiger partial charge in [-0.3, -0.25) is 9.78 Å². The molecule has 4 heteroatoms. The summed E-state index contributed by atoms with van der Waals surface area (Å²) in [5.41, 5.74) is 4.94. The predicted octanol–water partition coefficient (Wildman–Crippen LogP) is 6.43. The number of aromatic nitrogens is 1. The molecule has 0 bridgehead atoms. The molecule has 1 aliphatic carbocycles. The standard InChI is InChI=1S/C30H27NO3/c1-33-24-10-5-8-21(17-24)26-15-13-23(19-32)29(22-9-6-11-25(18-22)34-2)30(26)28-16-14-20-7-3-4-12-27(20)31-28/h3-14,16-19,26,29-30H,15H2,1-2H3/t26-,29+,30-/m0/s1. The van der Waals surface area contributed by atoms with Crippen LogP contribution in [0, 0.1) is 0 Å². The maximum Gasteiger partial charge on any atom is 0.146 e. The van der Waals surface area contributed by atoms with Gasteiger partial charge in [0.15, 0.2) is 0 Å². The van der Waals surface area contributed by atoms with E-state index in [-0.39, 0.29) is 17.8 Å². The molecule has 1 aliphatic rings. The highest BCUT2D eigenvalue weighted by Gasteiger charge is 2.39. The Labute approximate surface area is 199 Å². The molecular formula is C30H27NO3. The van der Waals surface area contributed by atoms with Crippen LogP contribution in [0.1, 0.15) is 41.0 Å². The highest BCUT2D eigenvalue weighted by Crippen LogP contribution is 2.51. The molecule has 0 N–H and O–H groups in total. The van der Waals surface area contributed by atoms with Crippen molar-refractivity contribution in [3.63, 3.8) is 0 Å². The van der Waals surface area contributed by atoms with Crippen LogP contribution in [0.4, 0.5) is 0 Å². The second-order valence-corrected chi connectivity index (χ2v) is 8.65. The number of hydrogen-bond donors (Lipinski definition) is 0. The van der Waals surface area contributed by atoms with Crippen LogP contribution >= 0.6 is 0 Å². The molecule has 4 nitrogen and oxygen atoms in total. The van der Waals surface area contributed by atoms with E-state index in [0.29, 0.717) is 0 Å². The monoisotopic (exact) mass is 449 g/mol. The first-order chi connectivity index (χ1) is 16.7. The highest BCUT2D eigenvalue weighted by atomic mass is 16.5. The van der Waals surface area contributed by atoms with Crippen LogP contribution in [0.3, 0.4) is 0 Å². The lowest BCUT2D eigenvalue weighted by molar-refractivity contribution is -0.105. The summed E-state index contributed by atoms with van der Waals surface area (Å²) >= 11 is 0. The summed E-state index contributed by atoms with van der Waals surface area (Å²) in [5.74, 6) is 1.55. The molecule has 0 amide bonds. The summed E-state index contributed by atoms with van der Waals surface area (Å²) in [6.07, 6.45) is 3.83. The average Bonchev–Trinajstić information content (AvgIpc) is 2.92. The Kier molecular flexibility index (Phi) is 6.13. The van der Waals surface area contributed by atoms with Crippen molar-refractivity contribution in [3.8, 4) is 11.5 Å². The molecule has 0 saturated carbocycles. The fraction of sp³-hybridized carbons (Fsp3) is 0.200. The number of carbonyl (C=O) groups excluding carboxylic acids is 1. The van der Waals surface area contributed by atoms with Gasteiger partial charge in [-0.1, -0.05) is 54.6 Å². The molecule has 0 spiro atoms. The van der Waals surface area contributed by atoms with Gasteiger partial charge in [0, 0.05) is 22.9 Å². The quantitative estimate of drug-likeness (QED) is 0.318. The minimum absolute atomic E-state index is 0.0333. The number of benzene rings is 3. The lowest BCUT2D eigenvalue weighted by Gasteiger charge is -2.38. The highest BCUT2D eigenvalue weighted by molar-refractivity contribution is 5.80. The third-order valence-electron chi connectivity index (χ3n) is 6.83. The normalized spacial score (nSPS) is 19.9. The lowest BCUT2D eigenvalue weighted by atomic mass is 9.65. The van der Waals surface area contributed by atoms with Crippen molar-refractivity contribution in [3.05, 3.63) is 113 Å². The van der Waals surface area contributed by atoms with Crippen molar-refractivity contribution < 1.29 is 14.3 Å². The van der Waals surface area contributed by atoms with Gasteiger partial charge < -0.3 is 9.47 Å². The molecule has 0 fully saturated rings. The summed E-state index contributed by atoms with van der Waals surface area (Å²) in [6.45, 7) is 0. The predicted molar refractivity (Wildman–Crippen MR) is 135 cm³/mol. The number of hydrogen-bond acceptors (Lipinski definition) is 4. The number of ether oxygens (including phenoxy) is 2. The first-order valence-electron chi connectivity index (χ1n) is 11.5. The van der Waals surface area contributed by atoms with E-state index in [4.69, 9.17) is 14.5 Å². The molecule has 170 valence electrons. The molecule has 0 unspecified atom stereocenters. The van der Waals surface area contributed by atoms with Gasteiger partial charge in [0.1, 0.15) is 17.8 Å². The van der Waals surface area contributed by atoms with E-state index in [9.17, 15) is 4.79 Å². The van der Waals surface area contributed by atoms with Crippen molar-refractivity contribution in [2.24, 2.45) is 0 Å². The second-order valence-electron chi connectivity index (χ2n) is 8.65. The molecule has 3 aromatic carbocycles. The van der Waals surface area contributed by atoms with E-state index in [0.717, 1.165) is 51.9 Å². The van der Waals surface area contributed by atoms with Crippen LogP contribution in [-0.4, -0.2) is 25.5 Å². The lowest BCUT2D eigenvalue weighted by Crippen LogP contribution is -2.26. The van der Waals surface area contributed by atoms with Gasteiger partial charge in [0.2, 0.25) is 0 Å². The van der Waals surface area contributed by atoms with Crippen molar-refractivity contribution >= 4 is 17.2 Å². The number of aldehydes is 1. The van der Waals surface area contributed by atoms with E-state index in [2.05, 4.69) is 42.5 Å². The molecule has 0 saturated heterocycles. The van der Waals surface area contributed by atoms with Gasteiger partial charge in [-0.2, -0.15) is 0 Å². The number of methoxy groups -OCH3 is 2. The number of carbonyl (C=O) groups is 1. The number of allylic oxidation sites excluding steroid dienone is 2. The molecule has 0 aliphatic heterocycles. The largest absolute Gasteiger partial charge is 0.497 e. The molecule has 1 heterocycles. The SMILES string of the molecule is COc1cccc([C@@H]2CC=C(C=O)[C@@H](c3cccc(OC)c3)[C@@H]2c2ccc3ccccc3n2)c1. The fourth-order valence-electron chi connectivity index (χ4n) is 5.19. The van der Waals surface area contributed by atoms with Gasteiger partial charge >= 0.3 is 0 Å². The van der Waals surface area contributed by atoms with Crippen LogP contribution in [0.2, 0.25) is 0 Å². The molecule has 34 heavy (non-hydrogen) atoms.